The van der Waals surface area contributed by atoms with Gasteiger partial charge >= 0.3 is 0 Å². The van der Waals surface area contributed by atoms with Crippen LogP contribution in [0, 0.1) is 6.92 Å². The molecule has 0 spiro atoms. The summed E-state index contributed by atoms with van der Waals surface area (Å²) in [6.07, 6.45) is 3.17. The summed E-state index contributed by atoms with van der Waals surface area (Å²) >= 11 is 1.87. The molecule has 4 nitrogen and oxygen atoms in total. The molecule has 1 unspecified atom stereocenters. The van der Waals surface area contributed by atoms with Crippen molar-refractivity contribution in [2.45, 2.75) is 53.0 Å². The minimum atomic E-state index is 0. The fourth-order valence-corrected chi connectivity index (χ4v) is 3.17. The fourth-order valence-electron chi connectivity index (χ4n) is 2.15. The number of rotatable bonds is 10. The van der Waals surface area contributed by atoms with Crippen LogP contribution < -0.4 is 10.6 Å². The van der Waals surface area contributed by atoms with Gasteiger partial charge in [0, 0.05) is 48.5 Å². The van der Waals surface area contributed by atoms with Gasteiger partial charge in [0.1, 0.15) is 0 Å². The molecular weight excluding hydrogens is 421 g/mol. The van der Waals surface area contributed by atoms with Crippen LogP contribution in [-0.4, -0.2) is 38.3 Å². The van der Waals surface area contributed by atoms with Crippen molar-refractivity contribution in [3.05, 3.63) is 21.9 Å². The third kappa shape index (κ3) is 10.9. The Labute approximate surface area is 162 Å². The Balaban J connectivity index is 0.00000484. The van der Waals surface area contributed by atoms with Crippen molar-refractivity contribution in [3.63, 3.8) is 0 Å². The number of ether oxygens (including phenoxy) is 1. The third-order valence-electron chi connectivity index (χ3n) is 3.20. The standard InChI is InChI=1S/C17H31N3OS.HI/c1-5-18-17(19-11-7-8-12-21-6-2)20-14(3)13-16-10-9-15(4)22-16;/h9-10,14H,5-8,11-13H2,1-4H3,(H2,18,19,20);1H. The van der Waals surface area contributed by atoms with Crippen molar-refractivity contribution < 1.29 is 4.74 Å². The number of nitrogens with one attached hydrogen (secondary N) is 2. The van der Waals surface area contributed by atoms with Gasteiger partial charge in [-0.05, 0) is 52.7 Å². The summed E-state index contributed by atoms with van der Waals surface area (Å²) in [5.41, 5.74) is 0. The number of aryl methyl sites for hydroxylation is 1. The molecule has 0 aliphatic heterocycles. The summed E-state index contributed by atoms with van der Waals surface area (Å²) in [6, 6.07) is 4.78. The van der Waals surface area contributed by atoms with E-state index in [2.05, 4.69) is 48.5 Å². The van der Waals surface area contributed by atoms with Gasteiger partial charge in [0.2, 0.25) is 0 Å². The molecule has 0 aliphatic carbocycles. The molecule has 1 rings (SSSR count). The molecule has 0 saturated heterocycles. The topological polar surface area (TPSA) is 45.7 Å². The number of hydrogen-bond donors (Lipinski definition) is 2. The van der Waals surface area contributed by atoms with Crippen molar-refractivity contribution in [3.8, 4) is 0 Å². The van der Waals surface area contributed by atoms with Gasteiger partial charge in [-0.15, -0.1) is 35.3 Å². The monoisotopic (exact) mass is 453 g/mol. The van der Waals surface area contributed by atoms with E-state index in [1.165, 1.54) is 9.75 Å². The van der Waals surface area contributed by atoms with Gasteiger partial charge in [-0.1, -0.05) is 0 Å². The predicted molar refractivity (Wildman–Crippen MR) is 112 cm³/mol. The van der Waals surface area contributed by atoms with Crippen LogP contribution in [0.1, 0.15) is 43.4 Å². The normalized spacial score (nSPS) is 12.6. The van der Waals surface area contributed by atoms with Crippen LogP contribution in [-0.2, 0) is 11.2 Å². The fraction of sp³-hybridized carbons (Fsp3) is 0.706. The molecule has 2 N–H and O–H groups in total. The van der Waals surface area contributed by atoms with E-state index in [4.69, 9.17) is 4.74 Å². The molecule has 1 aromatic rings. The molecule has 1 aromatic heterocycles. The van der Waals surface area contributed by atoms with E-state index in [1.54, 1.807) is 0 Å². The number of unbranched alkanes of at least 4 members (excludes halogenated alkanes) is 1. The highest BCUT2D eigenvalue weighted by atomic mass is 127. The molecule has 1 heterocycles. The molecule has 0 aliphatic rings. The largest absolute Gasteiger partial charge is 0.382 e. The number of nitrogens with zero attached hydrogens (tertiary/aromatic N) is 1. The van der Waals surface area contributed by atoms with Crippen LogP contribution >= 0.6 is 35.3 Å². The summed E-state index contributed by atoms with van der Waals surface area (Å²) in [5.74, 6) is 0.916. The lowest BCUT2D eigenvalue weighted by molar-refractivity contribution is 0.144. The lowest BCUT2D eigenvalue weighted by Gasteiger charge is -2.17. The zero-order valence-corrected chi connectivity index (χ0v) is 18.0. The van der Waals surface area contributed by atoms with E-state index >= 15 is 0 Å². The van der Waals surface area contributed by atoms with E-state index < -0.39 is 0 Å². The van der Waals surface area contributed by atoms with Gasteiger partial charge in [-0.25, -0.2) is 0 Å². The summed E-state index contributed by atoms with van der Waals surface area (Å²) < 4.78 is 5.34. The highest BCUT2D eigenvalue weighted by Gasteiger charge is 2.07. The molecule has 0 amide bonds. The van der Waals surface area contributed by atoms with E-state index in [0.717, 1.165) is 51.5 Å². The smallest absolute Gasteiger partial charge is 0.191 e. The van der Waals surface area contributed by atoms with Crippen molar-refractivity contribution in [1.29, 1.82) is 0 Å². The van der Waals surface area contributed by atoms with Crippen molar-refractivity contribution in [1.82, 2.24) is 10.6 Å². The molecule has 134 valence electrons. The first kappa shape index (κ1) is 22.7. The molecule has 0 bridgehead atoms. The second kappa shape index (κ2) is 14.0. The van der Waals surface area contributed by atoms with E-state index in [-0.39, 0.29) is 24.0 Å². The zero-order valence-electron chi connectivity index (χ0n) is 14.9. The van der Waals surface area contributed by atoms with Gasteiger partial charge in [-0.3, -0.25) is 4.99 Å². The minimum Gasteiger partial charge on any atom is -0.382 e. The summed E-state index contributed by atoms with van der Waals surface area (Å²) in [7, 11) is 0. The molecule has 6 heteroatoms. The van der Waals surface area contributed by atoms with Gasteiger partial charge in [0.15, 0.2) is 5.96 Å². The van der Waals surface area contributed by atoms with Gasteiger partial charge < -0.3 is 15.4 Å². The van der Waals surface area contributed by atoms with Crippen LogP contribution in [0.4, 0.5) is 0 Å². The van der Waals surface area contributed by atoms with Gasteiger partial charge in [0.25, 0.3) is 0 Å². The highest BCUT2D eigenvalue weighted by Crippen LogP contribution is 2.16. The lowest BCUT2D eigenvalue weighted by atomic mass is 10.2. The second-order valence-corrected chi connectivity index (χ2v) is 6.80. The quantitative estimate of drug-likeness (QED) is 0.244. The van der Waals surface area contributed by atoms with Crippen molar-refractivity contribution in [2.24, 2.45) is 4.99 Å². The molecule has 0 saturated carbocycles. The van der Waals surface area contributed by atoms with Gasteiger partial charge in [0.05, 0.1) is 0 Å². The highest BCUT2D eigenvalue weighted by molar-refractivity contribution is 14.0. The Kier molecular flexibility index (Phi) is 13.8. The molecule has 1 atom stereocenters. The Morgan fingerprint density at radius 3 is 2.70 bits per heavy atom. The Hall–Kier alpha value is -0.340. The average molecular weight is 453 g/mol. The van der Waals surface area contributed by atoms with E-state index in [0.29, 0.717) is 6.04 Å². The Morgan fingerprint density at radius 1 is 1.30 bits per heavy atom. The van der Waals surface area contributed by atoms with Crippen LogP contribution in [0.3, 0.4) is 0 Å². The van der Waals surface area contributed by atoms with E-state index in [9.17, 15) is 0 Å². The molecule has 23 heavy (non-hydrogen) atoms. The van der Waals surface area contributed by atoms with Crippen LogP contribution in [0.5, 0.6) is 0 Å². The Morgan fingerprint density at radius 2 is 2.09 bits per heavy atom. The maximum absolute atomic E-state index is 5.34. The van der Waals surface area contributed by atoms with Crippen LogP contribution in [0.25, 0.3) is 0 Å². The first-order valence-electron chi connectivity index (χ1n) is 8.33. The van der Waals surface area contributed by atoms with E-state index in [1.807, 2.05) is 18.3 Å². The van der Waals surface area contributed by atoms with Gasteiger partial charge in [-0.2, -0.15) is 0 Å². The zero-order chi connectivity index (χ0) is 16.2. The SMILES string of the molecule is CCNC(=NCCCCOCC)NC(C)Cc1ccc(C)s1.I. The average Bonchev–Trinajstić information content (AvgIpc) is 2.87. The molecule has 0 aromatic carbocycles. The first-order valence-corrected chi connectivity index (χ1v) is 9.15. The summed E-state index contributed by atoms with van der Waals surface area (Å²) in [5, 5.41) is 6.81. The maximum atomic E-state index is 5.34. The molecule has 0 radical (unpaired) electrons. The third-order valence-corrected chi connectivity index (χ3v) is 4.22. The number of halogens is 1. The number of hydrogen-bond acceptors (Lipinski definition) is 3. The molecular formula is C17H32IN3OS. The summed E-state index contributed by atoms with van der Waals surface area (Å²) in [4.78, 5) is 7.43. The van der Waals surface area contributed by atoms with Crippen molar-refractivity contribution >= 4 is 41.3 Å². The first-order chi connectivity index (χ1) is 10.7. The number of thiophene rings is 1. The lowest BCUT2D eigenvalue weighted by Crippen LogP contribution is -2.43. The molecule has 0 fully saturated rings. The maximum Gasteiger partial charge on any atom is 0.191 e. The minimum absolute atomic E-state index is 0. The Bertz CT molecular complexity index is 437. The number of aliphatic imine (C=N–C) groups is 1. The predicted octanol–water partition coefficient (Wildman–Crippen LogP) is 3.98. The summed E-state index contributed by atoms with van der Waals surface area (Å²) in [6.45, 7) is 11.8. The number of guanidine groups is 1. The van der Waals surface area contributed by atoms with Crippen LogP contribution in [0.15, 0.2) is 17.1 Å². The van der Waals surface area contributed by atoms with Crippen LogP contribution in [0.2, 0.25) is 0 Å². The van der Waals surface area contributed by atoms with Crippen molar-refractivity contribution in [2.75, 3.05) is 26.3 Å². The second-order valence-electron chi connectivity index (χ2n) is 5.43.